The van der Waals surface area contributed by atoms with Crippen LogP contribution in [0.3, 0.4) is 0 Å². The molecular weight excluding hydrogens is 248 g/mol. The third kappa shape index (κ3) is 3.74. The van der Waals surface area contributed by atoms with Gasteiger partial charge >= 0.3 is 0 Å². The Kier molecular flexibility index (Phi) is 4.88. The Bertz CT molecular complexity index is 383. The molecule has 2 unspecified atom stereocenters. The van der Waals surface area contributed by atoms with Crippen LogP contribution in [0.4, 0.5) is 8.78 Å². The average Bonchev–Trinajstić information content (AvgIpc) is 2.87. The Morgan fingerprint density at radius 2 is 2.05 bits per heavy atom. The summed E-state index contributed by atoms with van der Waals surface area (Å²) in [6.07, 6.45) is 2.13. The molecule has 0 saturated carbocycles. The van der Waals surface area contributed by atoms with Crippen LogP contribution in [0.15, 0.2) is 30.3 Å². The molecule has 2 nitrogen and oxygen atoms in total. The van der Waals surface area contributed by atoms with Crippen molar-refractivity contribution >= 4 is 0 Å². The molecule has 0 radical (unpaired) electrons. The highest BCUT2D eigenvalue weighted by molar-refractivity contribution is 5.20. The van der Waals surface area contributed by atoms with E-state index < -0.39 is 5.92 Å². The predicted molar refractivity (Wildman–Crippen MR) is 71.3 cm³/mol. The Labute approximate surface area is 113 Å². The van der Waals surface area contributed by atoms with Gasteiger partial charge in [-0.3, -0.25) is 0 Å². The molecule has 4 heteroatoms. The second kappa shape index (κ2) is 6.44. The van der Waals surface area contributed by atoms with Gasteiger partial charge in [-0.25, -0.2) is 0 Å². The van der Waals surface area contributed by atoms with Crippen LogP contribution in [-0.4, -0.2) is 25.8 Å². The summed E-state index contributed by atoms with van der Waals surface area (Å²) in [7, 11) is 0. The smallest absolute Gasteiger partial charge is 0.285 e. The topological polar surface area (TPSA) is 21.3 Å². The quantitative estimate of drug-likeness (QED) is 0.856. The van der Waals surface area contributed by atoms with Crippen molar-refractivity contribution in [3.05, 3.63) is 35.9 Å². The number of rotatable bonds is 6. The van der Waals surface area contributed by atoms with Gasteiger partial charge in [-0.1, -0.05) is 37.3 Å². The second-order valence-electron chi connectivity index (χ2n) is 5.07. The van der Waals surface area contributed by atoms with Crippen molar-refractivity contribution in [2.45, 2.75) is 31.8 Å². The minimum Gasteiger partial charge on any atom is -0.378 e. The third-order valence-corrected chi connectivity index (χ3v) is 3.70. The number of hydrogen-bond donors (Lipinski definition) is 1. The van der Waals surface area contributed by atoms with Crippen molar-refractivity contribution in [2.75, 3.05) is 19.7 Å². The normalized spacial score (nSPS) is 23.7. The van der Waals surface area contributed by atoms with E-state index in [-0.39, 0.29) is 18.2 Å². The molecule has 2 rings (SSSR count). The first-order valence-electron chi connectivity index (χ1n) is 6.89. The van der Waals surface area contributed by atoms with Crippen LogP contribution in [0.25, 0.3) is 0 Å². The molecular formula is C15H21F2NO. The van der Waals surface area contributed by atoms with Gasteiger partial charge < -0.3 is 10.1 Å². The average molecular weight is 269 g/mol. The van der Waals surface area contributed by atoms with Gasteiger partial charge in [-0.05, 0) is 18.8 Å². The maximum atomic E-state index is 13.9. The van der Waals surface area contributed by atoms with Gasteiger partial charge in [0.15, 0.2) is 0 Å². The number of halogens is 2. The number of ether oxygens (including phenoxy) is 1. The summed E-state index contributed by atoms with van der Waals surface area (Å²) in [5.74, 6) is -2.46. The van der Waals surface area contributed by atoms with Crippen molar-refractivity contribution in [2.24, 2.45) is 5.92 Å². The molecule has 1 saturated heterocycles. The summed E-state index contributed by atoms with van der Waals surface area (Å²) in [5, 5.41) is 2.90. The molecule has 1 aliphatic rings. The van der Waals surface area contributed by atoms with Crippen molar-refractivity contribution in [1.82, 2.24) is 5.32 Å². The van der Waals surface area contributed by atoms with Crippen molar-refractivity contribution in [3.63, 3.8) is 0 Å². The molecule has 1 fully saturated rings. The lowest BCUT2D eigenvalue weighted by atomic mass is 9.99. The van der Waals surface area contributed by atoms with E-state index in [1.165, 1.54) is 12.1 Å². The lowest BCUT2D eigenvalue weighted by Gasteiger charge is -2.21. The van der Waals surface area contributed by atoms with E-state index in [0.29, 0.717) is 12.5 Å². The molecule has 0 amide bonds. The van der Waals surface area contributed by atoms with E-state index in [1.54, 1.807) is 18.2 Å². The maximum absolute atomic E-state index is 13.9. The zero-order chi connectivity index (χ0) is 13.7. The molecule has 0 aliphatic carbocycles. The van der Waals surface area contributed by atoms with Crippen LogP contribution in [-0.2, 0) is 10.7 Å². The molecule has 0 bridgehead atoms. The summed E-state index contributed by atoms with van der Waals surface area (Å²) >= 11 is 0. The number of hydrogen-bond acceptors (Lipinski definition) is 2. The van der Waals surface area contributed by atoms with Crippen molar-refractivity contribution < 1.29 is 13.5 Å². The van der Waals surface area contributed by atoms with Crippen LogP contribution >= 0.6 is 0 Å². The van der Waals surface area contributed by atoms with E-state index in [0.717, 1.165) is 19.4 Å². The Hall–Kier alpha value is -1.00. The largest absolute Gasteiger partial charge is 0.378 e. The van der Waals surface area contributed by atoms with E-state index in [9.17, 15) is 8.78 Å². The fraction of sp³-hybridized carbons (Fsp3) is 0.600. The van der Waals surface area contributed by atoms with Crippen LogP contribution in [0.1, 0.15) is 25.3 Å². The second-order valence-corrected chi connectivity index (χ2v) is 5.07. The zero-order valence-corrected chi connectivity index (χ0v) is 11.2. The highest BCUT2D eigenvalue weighted by Gasteiger charge is 2.32. The van der Waals surface area contributed by atoms with Crippen molar-refractivity contribution in [3.8, 4) is 0 Å². The van der Waals surface area contributed by atoms with Gasteiger partial charge in [0.2, 0.25) is 0 Å². The summed E-state index contributed by atoms with van der Waals surface area (Å²) in [5.41, 5.74) is 0.0669. The van der Waals surface area contributed by atoms with Gasteiger partial charge in [0.05, 0.1) is 12.6 Å². The number of nitrogens with one attached hydrogen (secondary N) is 1. The number of benzene rings is 1. The van der Waals surface area contributed by atoms with Crippen LogP contribution < -0.4 is 5.32 Å². The fourth-order valence-electron chi connectivity index (χ4n) is 2.58. The molecule has 1 N–H and O–H groups in total. The monoisotopic (exact) mass is 269 g/mol. The molecule has 0 spiro atoms. The van der Waals surface area contributed by atoms with Crippen LogP contribution in [0.2, 0.25) is 0 Å². The van der Waals surface area contributed by atoms with E-state index >= 15 is 0 Å². The lowest BCUT2D eigenvalue weighted by Crippen LogP contribution is -2.35. The lowest BCUT2D eigenvalue weighted by molar-refractivity contribution is -0.00492. The first kappa shape index (κ1) is 14.4. The highest BCUT2D eigenvalue weighted by Crippen LogP contribution is 2.27. The first-order chi connectivity index (χ1) is 9.13. The summed E-state index contributed by atoms with van der Waals surface area (Å²) in [4.78, 5) is 0. The van der Waals surface area contributed by atoms with Crippen LogP contribution in [0.5, 0.6) is 0 Å². The van der Waals surface area contributed by atoms with Gasteiger partial charge in [0.1, 0.15) is 0 Å². The highest BCUT2D eigenvalue weighted by atomic mass is 19.3. The first-order valence-corrected chi connectivity index (χ1v) is 6.89. The van der Waals surface area contributed by atoms with Gasteiger partial charge in [-0.2, -0.15) is 8.78 Å². The molecule has 1 aromatic rings. The SMILES string of the molecule is CCC1OCCC1CNCC(F)(F)c1ccccc1. The summed E-state index contributed by atoms with van der Waals surface area (Å²) < 4.78 is 33.4. The maximum Gasteiger partial charge on any atom is 0.285 e. The van der Waals surface area contributed by atoms with Gasteiger partial charge in [-0.15, -0.1) is 0 Å². The van der Waals surface area contributed by atoms with Crippen molar-refractivity contribution in [1.29, 1.82) is 0 Å². The Morgan fingerprint density at radius 3 is 2.74 bits per heavy atom. The number of alkyl halides is 2. The minimum atomic E-state index is -2.82. The summed E-state index contributed by atoms with van der Waals surface area (Å²) in [6.45, 7) is 3.10. The zero-order valence-electron chi connectivity index (χ0n) is 11.2. The van der Waals surface area contributed by atoms with Gasteiger partial charge in [0, 0.05) is 18.7 Å². The Balaban J connectivity index is 1.82. The standard InChI is InChI=1S/C15H21F2NO/c1-2-14-12(8-9-19-14)10-18-11-15(16,17)13-6-4-3-5-7-13/h3-7,12,14,18H,2,8-11H2,1H3. The third-order valence-electron chi connectivity index (χ3n) is 3.70. The molecule has 2 atom stereocenters. The molecule has 1 heterocycles. The molecule has 106 valence electrons. The predicted octanol–water partition coefficient (Wildman–Crippen LogP) is 3.18. The molecule has 0 aromatic heterocycles. The van der Waals surface area contributed by atoms with Crippen LogP contribution in [0, 0.1) is 5.92 Å². The molecule has 1 aliphatic heterocycles. The van der Waals surface area contributed by atoms with Gasteiger partial charge in [0.25, 0.3) is 5.92 Å². The van der Waals surface area contributed by atoms with E-state index in [2.05, 4.69) is 12.2 Å². The minimum absolute atomic E-state index is 0.0669. The fourth-order valence-corrected chi connectivity index (χ4v) is 2.58. The Morgan fingerprint density at radius 1 is 1.32 bits per heavy atom. The van der Waals surface area contributed by atoms with E-state index in [4.69, 9.17) is 4.74 Å². The molecule has 19 heavy (non-hydrogen) atoms. The summed E-state index contributed by atoms with van der Waals surface area (Å²) in [6, 6.07) is 7.96. The molecule has 1 aromatic carbocycles. The van der Waals surface area contributed by atoms with E-state index in [1.807, 2.05) is 0 Å².